The summed E-state index contributed by atoms with van der Waals surface area (Å²) in [6.07, 6.45) is 1.99. The molecule has 0 bridgehead atoms. The van der Waals surface area contributed by atoms with E-state index in [9.17, 15) is 0 Å². The van der Waals surface area contributed by atoms with E-state index < -0.39 is 0 Å². The van der Waals surface area contributed by atoms with Gasteiger partial charge in [0, 0.05) is 19.1 Å². The minimum Gasteiger partial charge on any atom is -0.316 e. The van der Waals surface area contributed by atoms with Crippen molar-refractivity contribution in [3.8, 4) is 6.07 Å². The van der Waals surface area contributed by atoms with Gasteiger partial charge in [-0.1, -0.05) is 0 Å². The largest absolute Gasteiger partial charge is 0.316 e. The number of hydrogen-bond acceptors (Lipinski definition) is 4. The molecule has 0 radical (unpaired) electrons. The Balaban J connectivity index is 2.36. The lowest BCUT2D eigenvalue weighted by atomic mass is 10.2. The third kappa shape index (κ3) is 4.17. The summed E-state index contributed by atoms with van der Waals surface area (Å²) < 4.78 is 0. The van der Waals surface area contributed by atoms with Crippen molar-refractivity contribution in [1.29, 1.82) is 5.26 Å². The molecule has 0 aromatic rings. The molecular formula is C11H22N4. The van der Waals surface area contributed by atoms with E-state index in [1.54, 1.807) is 0 Å². The minimum atomic E-state index is -0.307. The number of hydrogen-bond donors (Lipinski definition) is 1. The van der Waals surface area contributed by atoms with E-state index in [0.717, 1.165) is 26.1 Å². The molecule has 1 saturated heterocycles. The van der Waals surface area contributed by atoms with Crippen LogP contribution in [-0.2, 0) is 0 Å². The van der Waals surface area contributed by atoms with Crippen molar-refractivity contribution in [3.63, 3.8) is 0 Å². The number of likely N-dealkylation sites (N-methyl/N-ethyl adjacent to an activating group) is 1. The van der Waals surface area contributed by atoms with Gasteiger partial charge in [0.2, 0.25) is 0 Å². The molecule has 0 amide bonds. The van der Waals surface area contributed by atoms with Crippen LogP contribution in [0.2, 0.25) is 0 Å². The second-order valence-electron chi connectivity index (χ2n) is 4.53. The zero-order valence-electron chi connectivity index (χ0n) is 9.82. The van der Waals surface area contributed by atoms with Crippen LogP contribution >= 0.6 is 0 Å². The van der Waals surface area contributed by atoms with Crippen LogP contribution in [-0.4, -0.2) is 55.1 Å². The third-order valence-electron chi connectivity index (χ3n) is 3.08. The number of nitrogens with zero attached hydrogens (tertiary/aromatic N) is 3. The van der Waals surface area contributed by atoms with Crippen LogP contribution in [0.15, 0.2) is 0 Å². The SMILES string of the molecule is CC1CN(C)CCCN1CCC(N)C#N. The second kappa shape index (κ2) is 6.06. The van der Waals surface area contributed by atoms with Gasteiger partial charge in [0.15, 0.2) is 0 Å². The molecule has 1 heterocycles. The highest BCUT2D eigenvalue weighted by Crippen LogP contribution is 2.09. The van der Waals surface area contributed by atoms with Crippen molar-refractivity contribution < 1.29 is 0 Å². The molecule has 4 heteroatoms. The zero-order chi connectivity index (χ0) is 11.3. The molecule has 2 N–H and O–H groups in total. The molecular weight excluding hydrogens is 188 g/mol. The molecule has 1 aliphatic heterocycles. The van der Waals surface area contributed by atoms with Gasteiger partial charge in [0.05, 0.1) is 12.1 Å². The van der Waals surface area contributed by atoms with Gasteiger partial charge in [0.25, 0.3) is 0 Å². The van der Waals surface area contributed by atoms with Gasteiger partial charge in [-0.15, -0.1) is 0 Å². The van der Waals surface area contributed by atoms with Gasteiger partial charge in [0.1, 0.15) is 0 Å². The van der Waals surface area contributed by atoms with Crippen LogP contribution < -0.4 is 5.73 Å². The van der Waals surface area contributed by atoms with Gasteiger partial charge < -0.3 is 10.6 Å². The Bertz CT molecular complexity index is 223. The van der Waals surface area contributed by atoms with Crippen molar-refractivity contribution in [3.05, 3.63) is 0 Å². The molecule has 1 aliphatic rings. The maximum absolute atomic E-state index is 8.63. The maximum atomic E-state index is 8.63. The van der Waals surface area contributed by atoms with E-state index >= 15 is 0 Å². The fourth-order valence-corrected chi connectivity index (χ4v) is 2.12. The summed E-state index contributed by atoms with van der Waals surface area (Å²) in [5, 5.41) is 8.63. The molecule has 0 saturated carbocycles. The summed E-state index contributed by atoms with van der Waals surface area (Å²) in [7, 11) is 2.17. The highest BCUT2D eigenvalue weighted by Gasteiger charge is 2.19. The Morgan fingerprint density at radius 1 is 1.53 bits per heavy atom. The van der Waals surface area contributed by atoms with Gasteiger partial charge in [-0.05, 0) is 39.9 Å². The van der Waals surface area contributed by atoms with E-state index in [4.69, 9.17) is 11.0 Å². The molecule has 4 nitrogen and oxygen atoms in total. The van der Waals surface area contributed by atoms with E-state index in [-0.39, 0.29) is 6.04 Å². The average Bonchev–Trinajstić information content (AvgIpc) is 2.36. The van der Waals surface area contributed by atoms with Gasteiger partial charge in [-0.2, -0.15) is 5.26 Å². The van der Waals surface area contributed by atoms with Crippen LogP contribution in [0.1, 0.15) is 19.8 Å². The highest BCUT2D eigenvalue weighted by molar-refractivity contribution is 4.87. The lowest BCUT2D eigenvalue weighted by molar-refractivity contribution is 0.199. The Hall–Kier alpha value is -0.630. The molecule has 0 aliphatic carbocycles. The third-order valence-corrected chi connectivity index (χ3v) is 3.08. The molecule has 0 aromatic heterocycles. The number of nitrogens with two attached hydrogens (primary N) is 1. The summed E-state index contributed by atoms with van der Waals surface area (Å²) in [4.78, 5) is 4.82. The molecule has 2 unspecified atom stereocenters. The summed E-state index contributed by atoms with van der Waals surface area (Å²) in [5.74, 6) is 0. The van der Waals surface area contributed by atoms with E-state index in [2.05, 4.69) is 29.8 Å². The first kappa shape index (κ1) is 12.4. The van der Waals surface area contributed by atoms with Crippen LogP contribution in [0.5, 0.6) is 0 Å². The molecule has 1 fully saturated rings. The first-order valence-corrected chi connectivity index (χ1v) is 5.71. The predicted octanol–water partition coefficient (Wildman–Crippen LogP) is 0.253. The standard InChI is InChI=1S/C11H22N4/c1-10-9-14(2)5-3-6-15(10)7-4-11(13)8-12/h10-11H,3-7,9,13H2,1-2H3. The number of rotatable bonds is 3. The Morgan fingerprint density at radius 3 is 2.93 bits per heavy atom. The summed E-state index contributed by atoms with van der Waals surface area (Å²) in [5.41, 5.74) is 5.60. The Labute approximate surface area is 92.6 Å². The Kier molecular flexibility index (Phi) is 5.03. The lowest BCUT2D eigenvalue weighted by Crippen LogP contribution is -2.40. The maximum Gasteiger partial charge on any atom is 0.0940 e. The first-order chi connectivity index (χ1) is 7.13. The smallest absolute Gasteiger partial charge is 0.0940 e. The lowest BCUT2D eigenvalue weighted by Gasteiger charge is -2.28. The van der Waals surface area contributed by atoms with Crippen molar-refractivity contribution in [2.24, 2.45) is 5.73 Å². The van der Waals surface area contributed by atoms with Crippen LogP contribution in [0.25, 0.3) is 0 Å². The summed E-state index contributed by atoms with van der Waals surface area (Å²) in [6, 6.07) is 2.35. The minimum absolute atomic E-state index is 0.307. The Morgan fingerprint density at radius 2 is 2.27 bits per heavy atom. The van der Waals surface area contributed by atoms with Crippen LogP contribution in [0.4, 0.5) is 0 Å². The molecule has 0 aromatic carbocycles. The van der Waals surface area contributed by atoms with Crippen LogP contribution in [0, 0.1) is 11.3 Å². The van der Waals surface area contributed by atoms with E-state index in [0.29, 0.717) is 6.04 Å². The normalized spacial score (nSPS) is 26.9. The van der Waals surface area contributed by atoms with Gasteiger partial charge in [-0.25, -0.2) is 0 Å². The molecule has 1 rings (SSSR count). The van der Waals surface area contributed by atoms with E-state index in [1.807, 2.05) is 0 Å². The molecule has 15 heavy (non-hydrogen) atoms. The van der Waals surface area contributed by atoms with Crippen molar-refractivity contribution in [2.75, 3.05) is 33.2 Å². The zero-order valence-corrected chi connectivity index (χ0v) is 9.82. The highest BCUT2D eigenvalue weighted by atomic mass is 15.2. The van der Waals surface area contributed by atoms with Gasteiger partial charge in [-0.3, -0.25) is 4.90 Å². The van der Waals surface area contributed by atoms with Crippen molar-refractivity contribution in [2.45, 2.75) is 31.8 Å². The second-order valence-corrected chi connectivity index (χ2v) is 4.53. The molecule has 2 atom stereocenters. The summed E-state index contributed by atoms with van der Waals surface area (Å²) in [6.45, 7) is 6.61. The average molecular weight is 210 g/mol. The van der Waals surface area contributed by atoms with E-state index in [1.165, 1.54) is 13.0 Å². The quantitative estimate of drug-likeness (QED) is 0.725. The van der Waals surface area contributed by atoms with Crippen molar-refractivity contribution >= 4 is 0 Å². The van der Waals surface area contributed by atoms with Crippen molar-refractivity contribution in [1.82, 2.24) is 9.80 Å². The van der Waals surface area contributed by atoms with Gasteiger partial charge >= 0.3 is 0 Å². The number of nitriles is 1. The summed E-state index contributed by atoms with van der Waals surface area (Å²) >= 11 is 0. The fraction of sp³-hybridized carbons (Fsp3) is 0.909. The monoisotopic (exact) mass is 210 g/mol. The first-order valence-electron chi connectivity index (χ1n) is 5.71. The van der Waals surface area contributed by atoms with Crippen LogP contribution in [0.3, 0.4) is 0 Å². The fourth-order valence-electron chi connectivity index (χ4n) is 2.12. The molecule has 86 valence electrons. The molecule has 0 spiro atoms. The predicted molar refractivity (Wildman–Crippen MR) is 61.4 cm³/mol. The topological polar surface area (TPSA) is 56.3 Å².